The number of ether oxygens (including phenoxy) is 2. The molecule has 0 N–H and O–H groups in total. The molecular formula is C35H61O6PS. The molecule has 248 valence electrons. The number of thioether (sulfide) groups is 1. The number of hydrogen-bond acceptors (Lipinski definition) is 7. The van der Waals surface area contributed by atoms with E-state index in [4.69, 9.17) is 19.2 Å². The Hall–Kier alpha value is -0.980. The third kappa shape index (κ3) is 19.2. The molecule has 0 spiro atoms. The molecule has 1 aromatic rings. The summed E-state index contributed by atoms with van der Waals surface area (Å²) in [6.07, 6.45) is 22.0. The second-order valence-electron chi connectivity index (χ2n) is 11.6. The molecule has 0 amide bonds. The van der Waals surface area contributed by atoms with Gasteiger partial charge in [0.1, 0.15) is 12.7 Å². The summed E-state index contributed by atoms with van der Waals surface area (Å²) in [7, 11) is -0.656. The van der Waals surface area contributed by atoms with Gasteiger partial charge < -0.3 is 9.47 Å². The van der Waals surface area contributed by atoms with E-state index in [1.54, 1.807) is 0 Å². The van der Waals surface area contributed by atoms with Crippen LogP contribution in [0, 0.1) is 0 Å². The Morgan fingerprint density at radius 1 is 0.791 bits per heavy atom. The standard InChI is InChI=1S/C35H61O6PS/c1-5-8-10-12-14-15-16-17-19-24-29-43-33(27-23-18-13-11-9-6-2)31(4)40-41-35(42-37,39-28-7-3)34(36)38-30-32-25-21-20-22-26-32/h20-22,25-26,31,33H,5-19,23-24,27-30H2,1-4H3. The van der Waals surface area contributed by atoms with Crippen LogP contribution in [0.3, 0.4) is 0 Å². The molecule has 0 aliphatic carbocycles. The van der Waals surface area contributed by atoms with E-state index in [1.807, 2.05) is 55.9 Å². The summed E-state index contributed by atoms with van der Waals surface area (Å²) in [6, 6.07) is 9.34. The van der Waals surface area contributed by atoms with Crippen LogP contribution in [0.2, 0.25) is 0 Å². The molecule has 1 rings (SSSR count). The van der Waals surface area contributed by atoms with Gasteiger partial charge in [-0.3, -0.25) is 4.57 Å². The Morgan fingerprint density at radius 3 is 1.91 bits per heavy atom. The van der Waals surface area contributed by atoms with E-state index >= 15 is 0 Å². The Labute approximate surface area is 269 Å². The van der Waals surface area contributed by atoms with E-state index in [1.165, 1.54) is 96.3 Å². The molecular weight excluding hydrogens is 579 g/mol. The molecule has 3 atom stereocenters. The Morgan fingerprint density at radius 2 is 1.35 bits per heavy atom. The van der Waals surface area contributed by atoms with Gasteiger partial charge in [0, 0.05) is 5.25 Å². The summed E-state index contributed by atoms with van der Waals surface area (Å²) < 4.78 is 23.4. The van der Waals surface area contributed by atoms with E-state index in [9.17, 15) is 9.36 Å². The second-order valence-corrected chi connectivity index (χ2v) is 13.7. The van der Waals surface area contributed by atoms with Crippen molar-refractivity contribution in [1.82, 2.24) is 0 Å². The highest BCUT2D eigenvalue weighted by Crippen LogP contribution is 2.32. The number of benzene rings is 1. The summed E-state index contributed by atoms with van der Waals surface area (Å²) in [5, 5.41) is 0.206. The van der Waals surface area contributed by atoms with Crippen molar-refractivity contribution >= 4 is 26.2 Å². The van der Waals surface area contributed by atoms with Gasteiger partial charge in [-0.2, -0.15) is 16.6 Å². The minimum atomic E-state index is -2.15. The molecule has 0 aromatic heterocycles. The molecule has 0 saturated carbocycles. The van der Waals surface area contributed by atoms with Crippen molar-refractivity contribution in [2.75, 3.05) is 12.4 Å². The van der Waals surface area contributed by atoms with Gasteiger partial charge in [0.05, 0.1) is 6.61 Å². The van der Waals surface area contributed by atoms with Crippen LogP contribution in [-0.2, 0) is 35.2 Å². The average Bonchev–Trinajstić information content (AvgIpc) is 3.03. The zero-order chi connectivity index (χ0) is 31.4. The molecule has 0 bridgehead atoms. The fourth-order valence-corrected chi connectivity index (χ4v) is 6.54. The fourth-order valence-electron chi connectivity index (χ4n) is 4.86. The summed E-state index contributed by atoms with van der Waals surface area (Å²) in [5.74, 6) is 0.209. The highest BCUT2D eigenvalue weighted by Gasteiger charge is 2.47. The van der Waals surface area contributed by atoms with Gasteiger partial charge in [-0.25, -0.2) is 9.68 Å². The quantitative estimate of drug-likeness (QED) is 0.0207. The first-order valence-corrected chi connectivity index (χ1v) is 19.0. The van der Waals surface area contributed by atoms with Crippen molar-refractivity contribution in [3.8, 4) is 0 Å². The van der Waals surface area contributed by atoms with E-state index in [-0.39, 0.29) is 24.6 Å². The summed E-state index contributed by atoms with van der Waals surface area (Å²) in [6.45, 7) is 8.59. The molecule has 0 heterocycles. The minimum Gasteiger partial charge on any atom is -0.456 e. The monoisotopic (exact) mass is 640 g/mol. The largest absolute Gasteiger partial charge is 0.456 e. The lowest BCUT2D eigenvalue weighted by Gasteiger charge is -2.28. The second kappa shape index (κ2) is 27.3. The number of rotatable bonds is 30. The predicted octanol–water partition coefficient (Wildman–Crippen LogP) is 11.2. The summed E-state index contributed by atoms with van der Waals surface area (Å²) in [4.78, 5) is 24.5. The van der Waals surface area contributed by atoms with E-state index in [0.29, 0.717) is 6.42 Å². The summed E-state index contributed by atoms with van der Waals surface area (Å²) >= 11 is 1.92. The first-order chi connectivity index (χ1) is 21.0. The van der Waals surface area contributed by atoms with Crippen LogP contribution in [0.5, 0.6) is 0 Å². The third-order valence-electron chi connectivity index (χ3n) is 7.60. The molecule has 0 radical (unpaired) electrons. The van der Waals surface area contributed by atoms with Gasteiger partial charge in [-0.15, -0.1) is 0 Å². The Kier molecular flexibility index (Phi) is 25.5. The van der Waals surface area contributed by atoms with Gasteiger partial charge in [0.2, 0.25) is 8.46 Å². The first kappa shape index (κ1) is 40.0. The molecule has 6 nitrogen and oxygen atoms in total. The van der Waals surface area contributed by atoms with Crippen molar-refractivity contribution < 1.29 is 28.6 Å². The predicted molar refractivity (Wildman–Crippen MR) is 181 cm³/mol. The number of carbonyl (C=O) groups excluding carboxylic acids is 1. The maximum absolute atomic E-state index is 13.1. The lowest BCUT2D eigenvalue weighted by molar-refractivity contribution is -0.403. The fraction of sp³-hybridized carbons (Fsp3) is 0.800. The van der Waals surface area contributed by atoms with Gasteiger partial charge in [0.15, 0.2) is 0 Å². The van der Waals surface area contributed by atoms with Crippen LogP contribution in [0.4, 0.5) is 0 Å². The molecule has 0 fully saturated rings. The van der Waals surface area contributed by atoms with Crippen molar-refractivity contribution in [3.05, 3.63) is 35.9 Å². The number of unbranched alkanes of at least 4 members (excludes halogenated alkanes) is 14. The molecule has 3 unspecified atom stereocenters. The van der Waals surface area contributed by atoms with Crippen LogP contribution in [0.25, 0.3) is 0 Å². The zero-order valence-electron chi connectivity index (χ0n) is 27.7. The van der Waals surface area contributed by atoms with E-state index in [2.05, 4.69) is 13.8 Å². The molecule has 0 aliphatic heterocycles. The molecule has 0 aliphatic rings. The molecule has 0 saturated heterocycles. The van der Waals surface area contributed by atoms with E-state index in [0.717, 1.165) is 24.2 Å². The van der Waals surface area contributed by atoms with Crippen LogP contribution >= 0.6 is 20.2 Å². The van der Waals surface area contributed by atoms with Crippen LogP contribution in [-0.4, -0.2) is 35.2 Å². The summed E-state index contributed by atoms with van der Waals surface area (Å²) in [5.41, 5.74) is -1.33. The maximum atomic E-state index is 13.1. The van der Waals surface area contributed by atoms with Gasteiger partial charge in [-0.1, -0.05) is 147 Å². The Balaban J connectivity index is 2.64. The molecule has 43 heavy (non-hydrogen) atoms. The van der Waals surface area contributed by atoms with Crippen molar-refractivity contribution in [2.45, 2.75) is 167 Å². The van der Waals surface area contributed by atoms with Crippen molar-refractivity contribution in [3.63, 3.8) is 0 Å². The normalized spacial score (nSPS) is 14.4. The maximum Gasteiger partial charge on any atom is 0.383 e. The lowest BCUT2D eigenvalue weighted by atomic mass is 10.1. The first-order valence-electron chi connectivity index (χ1n) is 17.2. The average molecular weight is 641 g/mol. The topological polar surface area (TPSA) is 71.1 Å². The number of esters is 1. The highest BCUT2D eigenvalue weighted by molar-refractivity contribution is 7.99. The van der Waals surface area contributed by atoms with Crippen LogP contribution in [0.1, 0.15) is 149 Å². The third-order valence-corrected chi connectivity index (χ3v) is 9.80. The van der Waals surface area contributed by atoms with Gasteiger partial charge >= 0.3 is 11.5 Å². The zero-order valence-corrected chi connectivity index (χ0v) is 29.4. The lowest BCUT2D eigenvalue weighted by Crippen LogP contribution is -2.42. The number of hydrogen-bond donors (Lipinski definition) is 0. The van der Waals surface area contributed by atoms with Gasteiger partial charge in [0.25, 0.3) is 0 Å². The minimum absolute atomic E-state index is 0.0285. The smallest absolute Gasteiger partial charge is 0.383 e. The highest BCUT2D eigenvalue weighted by atomic mass is 32.2. The van der Waals surface area contributed by atoms with Crippen molar-refractivity contribution in [2.24, 2.45) is 0 Å². The molecule has 8 heteroatoms. The van der Waals surface area contributed by atoms with Crippen molar-refractivity contribution in [1.29, 1.82) is 0 Å². The van der Waals surface area contributed by atoms with E-state index < -0.39 is 20.0 Å². The van der Waals surface area contributed by atoms with Crippen LogP contribution in [0.15, 0.2) is 30.3 Å². The van der Waals surface area contributed by atoms with Gasteiger partial charge in [-0.05, 0) is 37.5 Å². The van der Waals surface area contributed by atoms with Crippen LogP contribution < -0.4 is 0 Å². The molecule has 1 aromatic carbocycles. The SMILES string of the molecule is CCCCCCCCCCCCSC(CCCCCCCC)C(C)OOC(OCCC)(P=O)C(=O)OCc1ccccc1. The Bertz CT molecular complexity index is 798. The number of carbonyl (C=O) groups is 1.